The molecule has 0 atom stereocenters. The molecule has 3 aromatic carbocycles. The molecule has 34 heavy (non-hydrogen) atoms. The van der Waals surface area contributed by atoms with Crippen molar-refractivity contribution in [1.29, 1.82) is 0 Å². The van der Waals surface area contributed by atoms with Gasteiger partial charge in [-0.25, -0.2) is 12.7 Å². The van der Waals surface area contributed by atoms with E-state index in [1.165, 1.54) is 38.4 Å². The third-order valence-electron chi connectivity index (χ3n) is 4.82. The van der Waals surface area contributed by atoms with Crippen LogP contribution in [0.3, 0.4) is 0 Å². The van der Waals surface area contributed by atoms with E-state index in [9.17, 15) is 21.6 Å². The SMILES string of the molecule is Cc1ccc(NS(=O)(=O)c2ccc(NC(=O)CN(c3ccccc3)S(=O)(=O)N(C)C)cc2)cc1. The Morgan fingerprint density at radius 3 is 1.91 bits per heavy atom. The molecule has 0 aromatic heterocycles. The minimum atomic E-state index is -3.92. The molecule has 0 aliphatic carbocycles. The predicted molar refractivity (Wildman–Crippen MR) is 133 cm³/mol. The van der Waals surface area contributed by atoms with E-state index < -0.39 is 32.7 Å². The van der Waals surface area contributed by atoms with Crippen LogP contribution in [0.1, 0.15) is 5.56 Å². The zero-order chi connectivity index (χ0) is 24.9. The third-order valence-corrected chi connectivity index (χ3v) is 8.04. The molecule has 2 N–H and O–H groups in total. The van der Waals surface area contributed by atoms with Gasteiger partial charge in [0.15, 0.2) is 0 Å². The summed E-state index contributed by atoms with van der Waals surface area (Å²) >= 11 is 0. The van der Waals surface area contributed by atoms with Crippen LogP contribution in [0.25, 0.3) is 0 Å². The smallest absolute Gasteiger partial charge is 0.304 e. The molecular formula is C23H26N4O5S2. The zero-order valence-corrected chi connectivity index (χ0v) is 20.6. The Balaban J connectivity index is 1.72. The van der Waals surface area contributed by atoms with E-state index in [1.54, 1.807) is 54.6 Å². The molecule has 0 radical (unpaired) electrons. The minimum Gasteiger partial charge on any atom is -0.325 e. The summed E-state index contributed by atoms with van der Waals surface area (Å²) in [4.78, 5) is 12.7. The highest BCUT2D eigenvalue weighted by Crippen LogP contribution is 2.21. The highest BCUT2D eigenvalue weighted by Gasteiger charge is 2.27. The average Bonchev–Trinajstić information content (AvgIpc) is 2.79. The molecular weight excluding hydrogens is 476 g/mol. The van der Waals surface area contributed by atoms with Gasteiger partial charge in [-0.2, -0.15) is 12.7 Å². The number of aryl methyl sites for hydroxylation is 1. The van der Waals surface area contributed by atoms with Crippen molar-refractivity contribution in [2.24, 2.45) is 0 Å². The van der Waals surface area contributed by atoms with Crippen molar-refractivity contribution in [3.8, 4) is 0 Å². The summed E-state index contributed by atoms with van der Waals surface area (Å²) in [6.07, 6.45) is 0. The fraction of sp³-hybridized carbons (Fsp3) is 0.174. The number of carbonyl (C=O) groups excluding carboxylic acids is 1. The third kappa shape index (κ3) is 6.13. The summed E-state index contributed by atoms with van der Waals surface area (Å²) in [7, 11) is -4.97. The van der Waals surface area contributed by atoms with Gasteiger partial charge in [0.25, 0.3) is 10.0 Å². The molecule has 0 aliphatic heterocycles. The lowest BCUT2D eigenvalue weighted by molar-refractivity contribution is -0.114. The number of nitrogens with one attached hydrogen (secondary N) is 2. The fourth-order valence-electron chi connectivity index (χ4n) is 2.98. The van der Waals surface area contributed by atoms with E-state index in [1.807, 2.05) is 6.92 Å². The standard InChI is InChI=1S/C23H26N4O5S2/c1-18-9-11-20(12-10-18)25-33(29,30)22-15-13-19(14-16-22)24-23(28)17-27(34(31,32)26(2)3)21-7-5-4-6-8-21/h4-16,25H,17H2,1-3H3,(H,24,28). The number of benzene rings is 3. The van der Waals surface area contributed by atoms with Gasteiger partial charge in [0, 0.05) is 25.5 Å². The molecule has 3 aromatic rings. The Labute approximate surface area is 200 Å². The molecule has 0 heterocycles. The van der Waals surface area contributed by atoms with Crippen LogP contribution in [-0.2, 0) is 25.0 Å². The molecule has 0 fully saturated rings. The number of para-hydroxylation sites is 1. The predicted octanol–water partition coefficient (Wildman–Crippen LogP) is 3.05. The second kappa shape index (κ2) is 10.2. The van der Waals surface area contributed by atoms with E-state index in [4.69, 9.17) is 0 Å². The first-order valence-corrected chi connectivity index (χ1v) is 13.1. The molecule has 11 heteroatoms. The Morgan fingerprint density at radius 2 is 1.35 bits per heavy atom. The van der Waals surface area contributed by atoms with Gasteiger partial charge in [-0.3, -0.25) is 9.52 Å². The summed E-state index contributed by atoms with van der Waals surface area (Å²) in [5.74, 6) is -0.581. The molecule has 0 saturated heterocycles. The average molecular weight is 503 g/mol. The minimum absolute atomic E-state index is 0.0205. The van der Waals surface area contributed by atoms with Gasteiger partial charge in [-0.05, 0) is 55.5 Å². The molecule has 0 spiro atoms. The van der Waals surface area contributed by atoms with Gasteiger partial charge in [-0.15, -0.1) is 0 Å². The van der Waals surface area contributed by atoms with Crippen molar-refractivity contribution >= 4 is 43.2 Å². The maximum Gasteiger partial charge on any atom is 0.304 e. The van der Waals surface area contributed by atoms with Gasteiger partial charge < -0.3 is 5.32 Å². The topological polar surface area (TPSA) is 116 Å². The number of sulfonamides is 1. The lowest BCUT2D eigenvalue weighted by Gasteiger charge is -2.26. The Morgan fingerprint density at radius 1 is 0.794 bits per heavy atom. The molecule has 3 rings (SSSR count). The molecule has 180 valence electrons. The number of carbonyl (C=O) groups is 1. The molecule has 0 saturated carbocycles. The summed E-state index contributed by atoms with van der Waals surface area (Å²) in [6.45, 7) is 1.44. The van der Waals surface area contributed by atoms with Gasteiger partial charge in [-0.1, -0.05) is 35.9 Å². The number of anilines is 3. The first-order valence-electron chi connectivity index (χ1n) is 10.2. The van der Waals surface area contributed by atoms with Crippen LogP contribution in [0.4, 0.5) is 17.1 Å². The lowest BCUT2D eigenvalue weighted by atomic mass is 10.2. The summed E-state index contributed by atoms with van der Waals surface area (Å²) in [5.41, 5.74) is 2.11. The van der Waals surface area contributed by atoms with Gasteiger partial charge in [0.2, 0.25) is 5.91 Å². The van der Waals surface area contributed by atoms with E-state index >= 15 is 0 Å². The van der Waals surface area contributed by atoms with Crippen LogP contribution < -0.4 is 14.3 Å². The highest BCUT2D eigenvalue weighted by molar-refractivity contribution is 7.92. The monoisotopic (exact) mass is 502 g/mol. The van der Waals surface area contributed by atoms with Crippen LogP contribution >= 0.6 is 0 Å². The lowest BCUT2D eigenvalue weighted by Crippen LogP contribution is -2.44. The molecule has 0 aliphatic rings. The van der Waals surface area contributed by atoms with E-state index in [0.717, 1.165) is 14.2 Å². The normalized spacial score (nSPS) is 11.8. The number of amides is 1. The van der Waals surface area contributed by atoms with Crippen molar-refractivity contribution in [2.45, 2.75) is 11.8 Å². The second-order valence-electron chi connectivity index (χ2n) is 7.68. The Hall–Kier alpha value is -3.41. The van der Waals surface area contributed by atoms with Crippen molar-refractivity contribution in [3.63, 3.8) is 0 Å². The van der Waals surface area contributed by atoms with E-state index in [0.29, 0.717) is 17.1 Å². The number of hydrogen-bond acceptors (Lipinski definition) is 5. The molecule has 9 nitrogen and oxygen atoms in total. The quantitative estimate of drug-likeness (QED) is 0.467. The summed E-state index contributed by atoms with van der Waals surface area (Å²) in [6, 6.07) is 20.8. The summed E-state index contributed by atoms with van der Waals surface area (Å²) < 4.78 is 55.2. The van der Waals surface area contributed by atoms with Crippen molar-refractivity contribution in [1.82, 2.24) is 4.31 Å². The van der Waals surface area contributed by atoms with Crippen LogP contribution in [0, 0.1) is 6.92 Å². The fourth-order valence-corrected chi connectivity index (χ4v) is 5.10. The van der Waals surface area contributed by atoms with Gasteiger partial charge in [0.1, 0.15) is 6.54 Å². The van der Waals surface area contributed by atoms with Gasteiger partial charge in [0.05, 0.1) is 10.6 Å². The Bertz CT molecular complexity index is 1340. The number of rotatable bonds is 9. The van der Waals surface area contributed by atoms with Gasteiger partial charge >= 0.3 is 10.2 Å². The largest absolute Gasteiger partial charge is 0.325 e. The van der Waals surface area contributed by atoms with Crippen LogP contribution in [0.2, 0.25) is 0 Å². The van der Waals surface area contributed by atoms with E-state index in [-0.39, 0.29) is 4.90 Å². The first kappa shape index (κ1) is 25.2. The number of nitrogens with zero attached hydrogens (tertiary/aromatic N) is 2. The maximum absolute atomic E-state index is 12.7. The summed E-state index contributed by atoms with van der Waals surface area (Å²) in [5, 5.41) is 2.61. The zero-order valence-electron chi connectivity index (χ0n) is 19.0. The van der Waals surface area contributed by atoms with Crippen molar-refractivity contribution in [3.05, 3.63) is 84.4 Å². The first-order chi connectivity index (χ1) is 16.0. The van der Waals surface area contributed by atoms with Crippen molar-refractivity contribution < 1.29 is 21.6 Å². The molecule has 0 bridgehead atoms. The number of hydrogen-bond donors (Lipinski definition) is 2. The molecule has 0 unspecified atom stereocenters. The van der Waals surface area contributed by atoms with Crippen molar-refractivity contribution in [2.75, 3.05) is 35.0 Å². The Kier molecular flexibility index (Phi) is 7.60. The van der Waals surface area contributed by atoms with E-state index in [2.05, 4.69) is 10.0 Å². The second-order valence-corrected chi connectivity index (χ2v) is 11.4. The van der Waals surface area contributed by atoms with Crippen LogP contribution in [-0.4, -0.2) is 47.7 Å². The van der Waals surface area contributed by atoms with Crippen LogP contribution in [0.15, 0.2) is 83.8 Å². The molecule has 1 amide bonds. The maximum atomic E-state index is 12.7. The van der Waals surface area contributed by atoms with Crippen LogP contribution in [0.5, 0.6) is 0 Å². The highest BCUT2D eigenvalue weighted by atomic mass is 32.2.